The van der Waals surface area contributed by atoms with E-state index < -0.39 is 0 Å². The second-order valence-electron chi connectivity index (χ2n) is 5.59. The van der Waals surface area contributed by atoms with E-state index in [9.17, 15) is 0 Å². The summed E-state index contributed by atoms with van der Waals surface area (Å²) in [5, 5.41) is 0. The topological polar surface area (TPSA) is 26.0 Å². The molecule has 0 bridgehead atoms. The largest absolute Gasteiger partial charge is 0.324 e. The fourth-order valence-electron chi connectivity index (χ4n) is 2.87. The summed E-state index contributed by atoms with van der Waals surface area (Å²) in [6.07, 6.45) is 2.72. The van der Waals surface area contributed by atoms with Crippen LogP contribution in [0, 0.1) is 32.6 Å². The fourth-order valence-corrected chi connectivity index (χ4v) is 3.19. The lowest BCUT2D eigenvalue weighted by molar-refractivity contribution is 0.414. The summed E-state index contributed by atoms with van der Waals surface area (Å²) in [5.41, 5.74) is 11.8. The van der Waals surface area contributed by atoms with Gasteiger partial charge in [-0.05, 0) is 67.7 Å². The normalized spacial score (nSPS) is 19.2. The van der Waals surface area contributed by atoms with E-state index in [0.717, 1.165) is 5.92 Å². The van der Waals surface area contributed by atoms with Crippen LogP contribution in [0.4, 0.5) is 0 Å². The predicted molar refractivity (Wildman–Crippen MR) is 77.2 cm³/mol. The van der Waals surface area contributed by atoms with Crippen molar-refractivity contribution in [3.8, 4) is 0 Å². The minimum atomic E-state index is 0.180. The van der Waals surface area contributed by atoms with Crippen molar-refractivity contribution >= 4 is 15.9 Å². The summed E-state index contributed by atoms with van der Waals surface area (Å²) in [6.45, 7) is 8.80. The van der Waals surface area contributed by atoms with E-state index in [-0.39, 0.29) is 6.04 Å². The smallest absolute Gasteiger partial charge is 0.0329 e. The minimum Gasteiger partial charge on any atom is -0.324 e. The SMILES string of the molecule is Cc1cc(C)c(C(N)C(C)C2CC2)c(C)c1Br. The molecule has 0 radical (unpaired) electrons. The summed E-state index contributed by atoms with van der Waals surface area (Å²) >= 11 is 3.68. The summed E-state index contributed by atoms with van der Waals surface area (Å²) in [4.78, 5) is 0. The zero-order valence-corrected chi connectivity index (χ0v) is 12.8. The van der Waals surface area contributed by atoms with Gasteiger partial charge in [-0.15, -0.1) is 0 Å². The first-order valence-corrected chi connectivity index (χ1v) is 7.24. The van der Waals surface area contributed by atoms with Crippen LogP contribution in [0.5, 0.6) is 0 Å². The highest BCUT2D eigenvalue weighted by molar-refractivity contribution is 9.10. The molecule has 2 unspecified atom stereocenters. The molecule has 94 valence electrons. The molecule has 1 nitrogen and oxygen atoms in total. The molecule has 1 aromatic carbocycles. The van der Waals surface area contributed by atoms with E-state index >= 15 is 0 Å². The Morgan fingerprint density at radius 1 is 1.24 bits per heavy atom. The summed E-state index contributed by atoms with van der Waals surface area (Å²) in [5.74, 6) is 1.45. The van der Waals surface area contributed by atoms with Crippen LogP contribution in [0.1, 0.15) is 48.1 Å². The van der Waals surface area contributed by atoms with E-state index in [0.29, 0.717) is 5.92 Å². The molecule has 1 aliphatic rings. The van der Waals surface area contributed by atoms with Crippen LogP contribution in [-0.2, 0) is 0 Å². The van der Waals surface area contributed by atoms with Gasteiger partial charge >= 0.3 is 0 Å². The van der Waals surface area contributed by atoms with Crippen molar-refractivity contribution in [3.63, 3.8) is 0 Å². The van der Waals surface area contributed by atoms with E-state index in [4.69, 9.17) is 5.73 Å². The Morgan fingerprint density at radius 3 is 2.35 bits per heavy atom. The van der Waals surface area contributed by atoms with Crippen LogP contribution >= 0.6 is 15.9 Å². The van der Waals surface area contributed by atoms with Gasteiger partial charge in [0.25, 0.3) is 0 Å². The summed E-state index contributed by atoms with van der Waals surface area (Å²) in [6, 6.07) is 2.42. The Hall–Kier alpha value is -0.340. The molecule has 0 spiro atoms. The molecule has 2 atom stereocenters. The molecule has 0 aliphatic heterocycles. The van der Waals surface area contributed by atoms with Crippen LogP contribution in [0.3, 0.4) is 0 Å². The minimum absolute atomic E-state index is 0.180. The van der Waals surface area contributed by atoms with Crippen molar-refractivity contribution in [2.24, 2.45) is 17.6 Å². The predicted octanol–water partition coefficient (Wildman–Crippen LogP) is 4.42. The van der Waals surface area contributed by atoms with Crippen LogP contribution in [0.2, 0.25) is 0 Å². The van der Waals surface area contributed by atoms with E-state index in [2.05, 4.69) is 49.7 Å². The second-order valence-corrected chi connectivity index (χ2v) is 6.38. The van der Waals surface area contributed by atoms with Crippen molar-refractivity contribution < 1.29 is 0 Å². The molecule has 17 heavy (non-hydrogen) atoms. The fraction of sp³-hybridized carbons (Fsp3) is 0.600. The zero-order valence-electron chi connectivity index (χ0n) is 11.2. The molecule has 1 aromatic rings. The number of aryl methyl sites for hydroxylation is 2. The van der Waals surface area contributed by atoms with Gasteiger partial charge in [-0.2, -0.15) is 0 Å². The highest BCUT2D eigenvalue weighted by Gasteiger charge is 2.33. The number of hydrogen-bond donors (Lipinski definition) is 1. The van der Waals surface area contributed by atoms with E-state index in [1.54, 1.807) is 0 Å². The number of nitrogens with two attached hydrogens (primary N) is 1. The average Bonchev–Trinajstić information content (AvgIpc) is 3.08. The second kappa shape index (κ2) is 4.74. The Labute approximate surface area is 113 Å². The molecule has 1 fully saturated rings. The van der Waals surface area contributed by atoms with E-state index in [1.807, 2.05) is 0 Å². The maximum absolute atomic E-state index is 6.48. The van der Waals surface area contributed by atoms with Gasteiger partial charge in [0.2, 0.25) is 0 Å². The van der Waals surface area contributed by atoms with Crippen LogP contribution in [-0.4, -0.2) is 0 Å². The first kappa shape index (κ1) is 13.1. The van der Waals surface area contributed by atoms with Gasteiger partial charge in [-0.3, -0.25) is 0 Å². The van der Waals surface area contributed by atoms with Crippen molar-refractivity contribution in [2.75, 3.05) is 0 Å². The van der Waals surface area contributed by atoms with Crippen LogP contribution in [0.15, 0.2) is 10.5 Å². The lowest BCUT2D eigenvalue weighted by Crippen LogP contribution is -2.23. The first-order valence-electron chi connectivity index (χ1n) is 6.45. The van der Waals surface area contributed by atoms with E-state index in [1.165, 1.54) is 39.6 Å². The molecule has 2 rings (SSSR count). The number of hydrogen-bond acceptors (Lipinski definition) is 1. The molecule has 1 saturated carbocycles. The van der Waals surface area contributed by atoms with Crippen LogP contribution in [0.25, 0.3) is 0 Å². The molecule has 2 N–H and O–H groups in total. The summed E-state index contributed by atoms with van der Waals surface area (Å²) < 4.78 is 1.22. The third-order valence-electron chi connectivity index (χ3n) is 4.20. The monoisotopic (exact) mass is 295 g/mol. The maximum atomic E-state index is 6.48. The molecular formula is C15H22BrN. The van der Waals surface area contributed by atoms with Crippen molar-refractivity contribution in [1.29, 1.82) is 0 Å². The number of rotatable bonds is 3. The Morgan fingerprint density at radius 2 is 1.82 bits per heavy atom. The Balaban J connectivity index is 2.40. The Bertz CT molecular complexity index is 435. The standard InChI is InChI=1S/C15H22BrN/c1-8-7-9(2)14(16)11(4)13(8)15(17)10(3)12-5-6-12/h7,10,12,15H,5-6,17H2,1-4H3. The Kier molecular flexibility index (Phi) is 3.65. The quantitative estimate of drug-likeness (QED) is 0.878. The lowest BCUT2D eigenvalue weighted by atomic mass is 9.86. The van der Waals surface area contributed by atoms with Crippen molar-refractivity contribution in [2.45, 2.75) is 46.6 Å². The van der Waals surface area contributed by atoms with Gasteiger partial charge in [-0.25, -0.2) is 0 Å². The zero-order chi connectivity index (χ0) is 12.7. The van der Waals surface area contributed by atoms with Crippen molar-refractivity contribution in [1.82, 2.24) is 0 Å². The van der Waals surface area contributed by atoms with Gasteiger partial charge in [-0.1, -0.05) is 28.9 Å². The van der Waals surface area contributed by atoms with Crippen LogP contribution < -0.4 is 5.73 Å². The molecule has 0 saturated heterocycles. The molecule has 0 amide bonds. The van der Waals surface area contributed by atoms with Crippen molar-refractivity contribution in [3.05, 3.63) is 32.8 Å². The van der Waals surface area contributed by atoms with Gasteiger partial charge in [0.05, 0.1) is 0 Å². The first-order chi connectivity index (χ1) is 7.93. The molecule has 2 heteroatoms. The molecule has 0 aromatic heterocycles. The highest BCUT2D eigenvalue weighted by Crippen LogP contribution is 2.43. The third-order valence-corrected chi connectivity index (χ3v) is 5.42. The molecular weight excluding hydrogens is 274 g/mol. The number of benzene rings is 1. The average molecular weight is 296 g/mol. The van der Waals surface area contributed by atoms with Gasteiger partial charge < -0.3 is 5.73 Å². The maximum Gasteiger partial charge on any atom is 0.0329 e. The molecule has 0 heterocycles. The van der Waals surface area contributed by atoms with Gasteiger partial charge in [0, 0.05) is 10.5 Å². The highest BCUT2D eigenvalue weighted by atomic mass is 79.9. The number of halogens is 1. The summed E-state index contributed by atoms with van der Waals surface area (Å²) in [7, 11) is 0. The third kappa shape index (κ3) is 2.43. The van der Waals surface area contributed by atoms with Gasteiger partial charge in [0.1, 0.15) is 0 Å². The van der Waals surface area contributed by atoms with Gasteiger partial charge in [0.15, 0.2) is 0 Å². The molecule has 1 aliphatic carbocycles. The lowest BCUT2D eigenvalue weighted by Gasteiger charge is -2.25.